The minimum absolute atomic E-state index is 0.0523. The van der Waals surface area contributed by atoms with Gasteiger partial charge in [0.1, 0.15) is 6.10 Å². The Balaban J connectivity index is 2.12. The molecule has 0 heterocycles. The molecule has 2 aliphatic carbocycles. The Hall–Kier alpha value is -1.66. The first-order valence-corrected chi connectivity index (χ1v) is 11.6. The van der Waals surface area contributed by atoms with E-state index in [1.807, 2.05) is 20.8 Å². The third kappa shape index (κ3) is 6.91. The number of allylic oxidation sites excluding steroid dienone is 3. The first kappa shape index (κ1) is 25.6. The maximum Gasteiger partial charge on any atom is 0.311 e. The SMILES string of the molecule is CCC(C)(C)C(=O)O[C@@H]1C[C@H](C)C=C2C=C[C@@H](C)[C@@H](CC[C@@H](O)C[C@H](O)CC(=O)O)[C@@H]21. The van der Waals surface area contributed by atoms with E-state index in [-0.39, 0.29) is 42.7 Å². The molecule has 0 radical (unpaired) electrons. The second-order valence-electron chi connectivity index (χ2n) is 10.2. The van der Waals surface area contributed by atoms with Crippen molar-refractivity contribution in [1.29, 1.82) is 0 Å². The topological polar surface area (TPSA) is 104 Å². The lowest BCUT2D eigenvalue weighted by atomic mass is 9.65. The zero-order chi connectivity index (χ0) is 23.3. The van der Waals surface area contributed by atoms with Crippen LogP contribution in [0, 0.1) is 29.1 Å². The van der Waals surface area contributed by atoms with Gasteiger partial charge in [0.05, 0.1) is 24.0 Å². The molecule has 0 aromatic rings. The summed E-state index contributed by atoms with van der Waals surface area (Å²) < 4.78 is 6.10. The summed E-state index contributed by atoms with van der Waals surface area (Å²) in [6.07, 6.45) is 6.98. The van der Waals surface area contributed by atoms with E-state index in [0.29, 0.717) is 25.2 Å². The van der Waals surface area contributed by atoms with Crippen LogP contribution in [0.5, 0.6) is 0 Å². The summed E-state index contributed by atoms with van der Waals surface area (Å²) in [7, 11) is 0. The summed E-state index contributed by atoms with van der Waals surface area (Å²) in [5, 5.41) is 29.0. The Morgan fingerprint density at radius 1 is 1.23 bits per heavy atom. The van der Waals surface area contributed by atoms with Crippen LogP contribution in [0.15, 0.2) is 23.8 Å². The molecule has 6 nitrogen and oxygen atoms in total. The fourth-order valence-electron chi connectivity index (χ4n) is 4.76. The molecule has 7 atom stereocenters. The normalized spacial score (nSPS) is 30.2. The number of hydrogen-bond donors (Lipinski definition) is 3. The number of aliphatic hydroxyl groups excluding tert-OH is 2. The first-order chi connectivity index (χ1) is 14.4. The van der Waals surface area contributed by atoms with Gasteiger partial charge >= 0.3 is 11.9 Å². The largest absolute Gasteiger partial charge is 0.481 e. The molecule has 0 fully saturated rings. The highest BCUT2D eigenvalue weighted by molar-refractivity contribution is 5.76. The smallest absolute Gasteiger partial charge is 0.311 e. The molecule has 2 rings (SSSR count). The fourth-order valence-corrected chi connectivity index (χ4v) is 4.76. The molecule has 0 amide bonds. The van der Waals surface area contributed by atoms with Crippen molar-refractivity contribution >= 4 is 11.9 Å². The Morgan fingerprint density at radius 2 is 1.90 bits per heavy atom. The number of carboxylic acids is 1. The number of rotatable bonds is 10. The Morgan fingerprint density at radius 3 is 2.52 bits per heavy atom. The molecule has 6 heteroatoms. The number of aliphatic carboxylic acids is 1. The molecule has 0 bridgehead atoms. The third-order valence-corrected chi connectivity index (χ3v) is 7.08. The molecule has 0 aromatic carbocycles. The molecule has 3 N–H and O–H groups in total. The van der Waals surface area contributed by atoms with Crippen LogP contribution in [-0.4, -0.2) is 45.6 Å². The summed E-state index contributed by atoms with van der Waals surface area (Å²) in [5.74, 6) is -0.347. The molecule has 0 unspecified atom stereocenters. The van der Waals surface area contributed by atoms with E-state index in [9.17, 15) is 19.8 Å². The fraction of sp³-hybridized carbons (Fsp3) is 0.760. The van der Waals surface area contributed by atoms with Crippen molar-refractivity contribution in [3.8, 4) is 0 Å². The van der Waals surface area contributed by atoms with Crippen molar-refractivity contribution in [3.05, 3.63) is 23.8 Å². The Bertz CT molecular complexity index is 694. The van der Waals surface area contributed by atoms with Crippen molar-refractivity contribution in [2.24, 2.45) is 29.1 Å². The number of carbonyl (C=O) groups is 2. The van der Waals surface area contributed by atoms with Crippen molar-refractivity contribution in [2.45, 2.75) is 91.5 Å². The first-order valence-electron chi connectivity index (χ1n) is 11.6. The van der Waals surface area contributed by atoms with Crippen molar-refractivity contribution < 1.29 is 29.6 Å². The number of carboxylic acid groups (broad SMARTS) is 1. The predicted molar refractivity (Wildman–Crippen MR) is 119 cm³/mol. The summed E-state index contributed by atoms with van der Waals surface area (Å²) in [6.45, 7) is 10.1. The number of ether oxygens (including phenoxy) is 1. The highest BCUT2D eigenvalue weighted by atomic mass is 16.5. The lowest BCUT2D eigenvalue weighted by molar-refractivity contribution is -0.164. The van der Waals surface area contributed by atoms with Crippen LogP contribution in [0.2, 0.25) is 0 Å². The minimum atomic E-state index is -1.07. The van der Waals surface area contributed by atoms with Gasteiger partial charge in [0, 0.05) is 5.92 Å². The lowest BCUT2D eigenvalue weighted by Crippen LogP contribution is -2.43. The van der Waals surface area contributed by atoms with Gasteiger partial charge in [-0.05, 0) is 69.3 Å². The van der Waals surface area contributed by atoms with Crippen LogP contribution in [0.1, 0.15) is 73.1 Å². The zero-order valence-corrected chi connectivity index (χ0v) is 19.6. The van der Waals surface area contributed by atoms with Gasteiger partial charge in [0.15, 0.2) is 0 Å². The van der Waals surface area contributed by atoms with Gasteiger partial charge < -0.3 is 20.1 Å². The molecule has 0 saturated heterocycles. The van der Waals surface area contributed by atoms with E-state index in [1.165, 1.54) is 5.57 Å². The standard InChI is InChI=1S/C25H40O6/c1-6-25(4,5)24(30)31-21-12-15(2)11-17-8-7-16(3)20(23(17)21)10-9-18(26)13-19(27)14-22(28)29/h7-8,11,15-16,18-21,23,26-27H,6,9-10,12-14H2,1-5H3,(H,28,29)/t15-,16-,18-,19+,20-,21-,23-/m1/s1. The monoisotopic (exact) mass is 436 g/mol. The van der Waals surface area contributed by atoms with Gasteiger partial charge in [-0.25, -0.2) is 0 Å². The minimum Gasteiger partial charge on any atom is -0.481 e. The van der Waals surface area contributed by atoms with E-state index in [2.05, 4.69) is 32.1 Å². The average molecular weight is 437 g/mol. The number of hydrogen-bond acceptors (Lipinski definition) is 5. The van der Waals surface area contributed by atoms with E-state index in [0.717, 1.165) is 6.42 Å². The quantitative estimate of drug-likeness (QED) is 0.445. The maximum atomic E-state index is 12.8. The summed E-state index contributed by atoms with van der Waals surface area (Å²) in [5.41, 5.74) is 0.682. The molecule has 0 spiro atoms. The second kappa shape index (κ2) is 10.8. The molecule has 176 valence electrons. The molecule has 2 aliphatic rings. The molecular formula is C25H40O6. The van der Waals surface area contributed by atoms with Gasteiger partial charge in [-0.15, -0.1) is 0 Å². The van der Waals surface area contributed by atoms with Gasteiger partial charge in [0.2, 0.25) is 0 Å². The van der Waals surface area contributed by atoms with Gasteiger partial charge in [0.25, 0.3) is 0 Å². The highest BCUT2D eigenvalue weighted by Crippen LogP contribution is 2.45. The number of esters is 1. The molecule has 0 aromatic heterocycles. The van der Waals surface area contributed by atoms with Crippen LogP contribution >= 0.6 is 0 Å². The molecular weight excluding hydrogens is 396 g/mol. The predicted octanol–water partition coefficient (Wildman–Crippen LogP) is 4.11. The average Bonchev–Trinajstić information content (AvgIpc) is 2.66. The summed E-state index contributed by atoms with van der Waals surface area (Å²) in [4.78, 5) is 23.6. The van der Waals surface area contributed by atoms with E-state index in [4.69, 9.17) is 9.84 Å². The van der Waals surface area contributed by atoms with Crippen molar-refractivity contribution in [2.75, 3.05) is 0 Å². The lowest BCUT2D eigenvalue weighted by Gasteiger charge is -2.44. The van der Waals surface area contributed by atoms with Crippen LogP contribution in [0.3, 0.4) is 0 Å². The molecule has 0 saturated carbocycles. The number of carbonyl (C=O) groups excluding carboxylic acids is 1. The van der Waals surface area contributed by atoms with Crippen LogP contribution < -0.4 is 0 Å². The Kier molecular flexibility index (Phi) is 8.90. The van der Waals surface area contributed by atoms with Gasteiger partial charge in [-0.1, -0.05) is 39.0 Å². The number of fused-ring (bicyclic) bond motifs is 1. The van der Waals surface area contributed by atoms with Crippen molar-refractivity contribution in [3.63, 3.8) is 0 Å². The molecule has 0 aliphatic heterocycles. The molecule has 31 heavy (non-hydrogen) atoms. The zero-order valence-electron chi connectivity index (χ0n) is 19.6. The summed E-state index contributed by atoms with van der Waals surface area (Å²) >= 11 is 0. The number of aliphatic hydroxyl groups is 2. The summed E-state index contributed by atoms with van der Waals surface area (Å²) in [6, 6.07) is 0. The van der Waals surface area contributed by atoms with Crippen LogP contribution in [-0.2, 0) is 14.3 Å². The van der Waals surface area contributed by atoms with Gasteiger partial charge in [-0.2, -0.15) is 0 Å². The van der Waals surface area contributed by atoms with E-state index >= 15 is 0 Å². The van der Waals surface area contributed by atoms with Crippen LogP contribution in [0.25, 0.3) is 0 Å². The Labute approximate surface area is 186 Å². The van der Waals surface area contributed by atoms with Crippen molar-refractivity contribution in [1.82, 2.24) is 0 Å². The maximum absolute atomic E-state index is 12.8. The van der Waals surface area contributed by atoms with Crippen LogP contribution in [0.4, 0.5) is 0 Å². The second-order valence-corrected chi connectivity index (χ2v) is 10.2. The third-order valence-electron chi connectivity index (χ3n) is 7.08. The van der Waals surface area contributed by atoms with Gasteiger partial charge in [-0.3, -0.25) is 9.59 Å². The van der Waals surface area contributed by atoms with E-state index < -0.39 is 23.6 Å². The van der Waals surface area contributed by atoms with E-state index in [1.54, 1.807) is 0 Å². The highest BCUT2D eigenvalue weighted by Gasteiger charge is 2.42.